The lowest BCUT2D eigenvalue weighted by Gasteiger charge is -2.05. The van der Waals surface area contributed by atoms with E-state index >= 15 is 0 Å². The predicted molar refractivity (Wildman–Crippen MR) is 110 cm³/mol. The van der Waals surface area contributed by atoms with E-state index in [-0.39, 0.29) is 29.4 Å². The van der Waals surface area contributed by atoms with Crippen molar-refractivity contribution in [3.05, 3.63) is 52.5 Å². The van der Waals surface area contributed by atoms with Gasteiger partial charge in [0, 0.05) is 11.4 Å². The zero-order valence-electron chi connectivity index (χ0n) is 15.0. The molecule has 8 heteroatoms. The van der Waals surface area contributed by atoms with E-state index in [1.807, 2.05) is 19.9 Å². The maximum Gasteiger partial charge on any atom is 0.226 e. The Balaban J connectivity index is 1.58. The number of aromatic nitrogens is 1. The van der Waals surface area contributed by atoms with Crippen LogP contribution in [-0.2, 0) is 14.6 Å². The van der Waals surface area contributed by atoms with E-state index in [0.29, 0.717) is 10.2 Å². The number of rotatable bonds is 6. The number of aryl methyl sites for hydroxylation is 2. The van der Waals surface area contributed by atoms with Crippen LogP contribution in [0.15, 0.2) is 41.3 Å². The molecule has 0 aliphatic heterocycles. The van der Waals surface area contributed by atoms with Crippen molar-refractivity contribution in [1.82, 2.24) is 4.98 Å². The minimum atomic E-state index is -3.43. The highest BCUT2D eigenvalue weighted by atomic mass is 35.5. The summed E-state index contributed by atoms with van der Waals surface area (Å²) < 4.78 is 25.6. The van der Waals surface area contributed by atoms with Gasteiger partial charge in [0.25, 0.3) is 0 Å². The number of hydrogen-bond donors (Lipinski definition) is 1. The Hall–Kier alpha value is -1.96. The van der Waals surface area contributed by atoms with Gasteiger partial charge in [0.15, 0.2) is 15.0 Å². The van der Waals surface area contributed by atoms with E-state index in [9.17, 15) is 13.2 Å². The number of fused-ring (bicyclic) bond motifs is 1. The van der Waals surface area contributed by atoms with Gasteiger partial charge in [-0.2, -0.15) is 0 Å². The molecule has 0 saturated carbocycles. The van der Waals surface area contributed by atoms with E-state index in [4.69, 9.17) is 11.6 Å². The van der Waals surface area contributed by atoms with Gasteiger partial charge in [-0.25, -0.2) is 13.4 Å². The maximum atomic E-state index is 12.3. The van der Waals surface area contributed by atoms with Crippen molar-refractivity contribution in [2.24, 2.45) is 0 Å². The van der Waals surface area contributed by atoms with Gasteiger partial charge in [0.2, 0.25) is 5.91 Å². The first-order chi connectivity index (χ1) is 12.7. The number of benzene rings is 2. The molecular formula is C19H19ClN2O3S2. The first-order valence-electron chi connectivity index (χ1n) is 8.40. The van der Waals surface area contributed by atoms with Crippen LogP contribution in [0.3, 0.4) is 0 Å². The second-order valence-electron chi connectivity index (χ2n) is 6.37. The van der Waals surface area contributed by atoms with E-state index < -0.39 is 9.84 Å². The molecule has 1 N–H and O–H groups in total. The fraction of sp³-hybridized carbons (Fsp3) is 0.263. The van der Waals surface area contributed by atoms with Crippen LogP contribution in [0, 0.1) is 13.8 Å². The molecule has 0 radical (unpaired) electrons. The number of thiazole rings is 1. The number of nitrogens with zero attached hydrogens (tertiary/aromatic N) is 1. The van der Waals surface area contributed by atoms with Crippen LogP contribution in [-0.4, -0.2) is 25.1 Å². The van der Waals surface area contributed by atoms with Crippen LogP contribution in [0.5, 0.6) is 0 Å². The first-order valence-corrected chi connectivity index (χ1v) is 11.3. The molecule has 1 heterocycles. The number of hydrogen-bond acceptors (Lipinski definition) is 5. The summed E-state index contributed by atoms with van der Waals surface area (Å²) in [6.07, 6.45) is 0.348. The largest absolute Gasteiger partial charge is 0.302 e. The van der Waals surface area contributed by atoms with Crippen LogP contribution in [0.4, 0.5) is 5.13 Å². The molecule has 27 heavy (non-hydrogen) atoms. The summed E-state index contributed by atoms with van der Waals surface area (Å²) in [6.45, 7) is 4.02. The monoisotopic (exact) mass is 422 g/mol. The molecular weight excluding hydrogens is 404 g/mol. The van der Waals surface area contributed by atoms with Gasteiger partial charge >= 0.3 is 0 Å². The first kappa shape index (κ1) is 19.8. The van der Waals surface area contributed by atoms with Crippen molar-refractivity contribution in [1.29, 1.82) is 0 Å². The van der Waals surface area contributed by atoms with Crippen LogP contribution < -0.4 is 5.32 Å². The van der Waals surface area contributed by atoms with Crippen molar-refractivity contribution >= 4 is 54.0 Å². The van der Waals surface area contributed by atoms with Crippen molar-refractivity contribution < 1.29 is 13.2 Å². The Morgan fingerprint density at radius 3 is 2.59 bits per heavy atom. The average Bonchev–Trinajstić information content (AvgIpc) is 2.97. The van der Waals surface area contributed by atoms with E-state index in [0.717, 1.165) is 21.3 Å². The molecule has 0 spiro atoms. The van der Waals surface area contributed by atoms with Crippen LogP contribution in [0.2, 0.25) is 5.02 Å². The highest BCUT2D eigenvalue weighted by Gasteiger charge is 2.16. The van der Waals surface area contributed by atoms with Crippen LogP contribution >= 0.6 is 22.9 Å². The number of anilines is 1. The van der Waals surface area contributed by atoms with Crippen LogP contribution in [0.25, 0.3) is 10.2 Å². The van der Waals surface area contributed by atoms with Crippen molar-refractivity contribution in [3.63, 3.8) is 0 Å². The molecule has 5 nitrogen and oxygen atoms in total. The summed E-state index contributed by atoms with van der Waals surface area (Å²) in [5, 5.41) is 3.78. The topological polar surface area (TPSA) is 76.1 Å². The second-order valence-corrected chi connectivity index (χ2v) is 9.92. The van der Waals surface area contributed by atoms with Gasteiger partial charge in [-0.05, 0) is 61.7 Å². The van der Waals surface area contributed by atoms with Crippen molar-refractivity contribution in [2.75, 3.05) is 11.1 Å². The Morgan fingerprint density at radius 2 is 1.89 bits per heavy atom. The fourth-order valence-corrected chi connectivity index (χ4v) is 5.16. The number of nitrogens with one attached hydrogen (secondary N) is 1. The van der Waals surface area contributed by atoms with E-state index in [1.165, 1.54) is 35.6 Å². The number of halogens is 1. The molecule has 1 amide bonds. The predicted octanol–water partition coefficient (Wildman–Crippen LogP) is 4.76. The lowest BCUT2D eigenvalue weighted by atomic mass is 10.1. The van der Waals surface area contributed by atoms with E-state index in [1.54, 1.807) is 0 Å². The van der Waals surface area contributed by atoms with Gasteiger partial charge in [-0.15, -0.1) is 0 Å². The third kappa shape index (κ3) is 4.86. The summed E-state index contributed by atoms with van der Waals surface area (Å²) in [4.78, 5) is 16.8. The third-order valence-electron chi connectivity index (χ3n) is 4.06. The molecule has 0 saturated heterocycles. The molecule has 0 atom stereocenters. The Kier molecular flexibility index (Phi) is 5.83. The highest BCUT2D eigenvalue weighted by Crippen LogP contribution is 2.29. The standard InChI is InChI=1S/C19H19ClN2O3S2/c1-12-10-13(2)18-16(11-12)21-19(26-18)22-17(23)4-3-9-27(24,25)15-7-5-14(20)6-8-15/h5-8,10-11H,3-4,9H2,1-2H3,(H,21,22,23). The summed E-state index contributed by atoms with van der Waals surface area (Å²) in [6, 6.07) is 10.1. The maximum absolute atomic E-state index is 12.3. The molecule has 3 rings (SSSR count). The van der Waals surface area contributed by atoms with Crippen LogP contribution in [0.1, 0.15) is 24.0 Å². The van der Waals surface area contributed by atoms with Gasteiger partial charge < -0.3 is 5.32 Å². The second kappa shape index (κ2) is 7.96. The molecule has 0 aliphatic rings. The summed E-state index contributed by atoms with van der Waals surface area (Å²) in [5.41, 5.74) is 3.10. The SMILES string of the molecule is Cc1cc(C)c2sc(NC(=O)CCCS(=O)(=O)c3ccc(Cl)cc3)nc2c1. The molecule has 0 bridgehead atoms. The Morgan fingerprint density at radius 1 is 1.19 bits per heavy atom. The molecule has 2 aromatic carbocycles. The summed E-state index contributed by atoms with van der Waals surface area (Å²) >= 11 is 7.20. The molecule has 1 aromatic heterocycles. The minimum absolute atomic E-state index is 0.0970. The lowest BCUT2D eigenvalue weighted by molar-refractivity contribution is -0.116. The van der Waals surface area contributed by atoms with Crippen molar-refractivity contribution in [2.45, 2.75) is 31.6 Å². The average molecular weight is 423 g/mol. The summed E-state index contributed by atoms with van der Waals surface area (Å²) in [7, 11) is -3.43. The number of carbonyl (C=O) groups is 1. The van der Waals surface area contributed by atoms with Gasteiger partial charge in [-0.3, -0.25) is 4.79 Å². The third-order valence-corrected chi connectivity index (χ3v) is 7.25. The number of carbonyl (C=O) groups excluding carboxylic acids is 1. The van der Waals surface area contributed by atoms with E-state index in [2.05, 4.69) is 16.4 Å². The Bertz CT molecular complexity index is 1090. The molecule has 3 aromatic rings. The van der Waals surface area contributed by atoms with Gasteiger partial charge in [0.05, 0.1) is 20.9 Å². The van der Waals surface area contributed by atoms with Gasteiger partial charge in [-0.1, -0.05) is 29.0 Å². The fourth-order valence-electron chi connectivity index (χ4n) is 2.79. The Labute approximate surface area is 167 Å². The van der Waals surface area contributed by atoms with Crippen molar-refractivity contribution in [3.8, 4) is 0 Å². The smallest absolute Gasteiger partial charge is 0.226 e. The zero-order valence-corrected chi connectivity index (χ0v) is 17.3. The normalized spacial score (nSPS) is 11.7. The number of sulfone groups is 1. The molecule has 0 aliphatic carbocycles. The van der Waals surface area contributed by atoms with Gasteiger partial charge in [0.1, 0.15) is 0 Å². The summed E-state index contributed by atoms with van der Waals surface area (Å²) in [5.74, 6) is -0.338. The highest BCUT2D eigenvalue weighted by molar-refractivity contribution is 7.91. The molecule has 0 fully saturated rings. The minimum Gasteiger partial charge on any atom is -0.302 e. The molecule has 0 unspecified atom stereocenters. The zero-order chi connectivity index (χ0) is 19.6. The quantitative estimate of drug-likeness (QED) is 0.621. The number of amides is 1. The molecule has 142 valence electrons. The lowest BCUT2D eigenvalue weighted by Crippen LogP contribution is -2.14.